The molecule has 9 heteroatoms. The lowest BCUT2D eigenvalue weighted by Gasteiger charge is -2.25. The van der Waals surface area contributed by atoms with Crippen LogP contribution in [0.4, 0.5) is 0 Å². The van der Waals surface area contributed by atoms with E-state index in [4.69, 9.17) is 9.47 Å². The Kier molecular flexibility index (Phi) is 6.10. The molecule has 0 aliphatic carbocycles. The smallest absolute Gasteiger partial charge is 0.295 e. The number of aromatic nitrogens is 2. The minimum atomic E-state index is -0.714. The summed E-state index contributed by atoms with van der Waals surface area (Å²) in [5.41, 5.74) is 1.18. The number of fused-ring (bicyclic) bond motifs is 1. The Morgan fingerprint density at radius 3 is 2.68 bits per heavy atom. The number of halogens is 1. The second-order valence-corrected chi connectivity index (χ2v) is 8.98. The maximum Gasteiger partial charge on any atom is 0.295 e. The lowest BCUT2D eigenvalue weighted by molar-refractivity contribution is -0.139. The van der Waals surface area contributed by atoms with E-state index in [1.54, 1.807) is 30.7 Å². The van der Waals surface area contributed by atoms with Gasteiger partial charge in [-0.2, -0.15) is 0 Å². The largest absolute Gasteiger partial charge is 0.507 e. The van der Waals surface area contributed by atoms with Crippen LogP contribution in [0.3, 0.4) is 0 Å². The van der Waals surface area contributed by atoms with Gasteiger partial charge in [-0.25, -0.2) is 4.98 Å². The van der Waals surface area contributed by atoms with Crippen LogP contribution in [-0.4, -0.2) is 51.0 Å². The van der Waals surface area contributed by atoms with Crippen LogP contribution in [0.1, 0.15) is 23.6 Å². The first kappa shape index (κ1) is 22.2. The molecule has 1 amide bonds. The molecule has 1 aromatic heterocycles. The maximum atomic E-state index is 13.2. The van der Waals surface area contributed by atoms with Crippen LogP contribution < -0.4 is 9.47 Å². The van der Waals surface area contributed by atoms with Crippen LogP contribution >= 0.6 is 15.9 Å². The Hall–Kier alpha value is -3.59. The summed E-state index contributed by atoms with van der Waals surface area (Å²) >= 11 is 3.47. The molecule has 3 aromatic rings. The average Bonchev–Trinajstić information content (AvgIpc) is 3.45. The molecule has 2 aromatic carbocycles. The van der Waals surface area contributed by atoms with Gasteiger partial charge in [-0.05, 0) is 42.3 Å². The van der Waals surface area contributed by atoms with Gasteiger partial charge in [0.05, 0.1) is 17.9 Å². The van der Waals surface area contributed by atoms with Crippen molar-refractivity contribution in [2.45, 2.75) is 19.0 Å². The standard InChI is InChI=1S/C25H22BrN3O5/c26-18-4-1-3-16(13-18)22-21(23(30)17-5-6-19-20(14-17)34-12-11-33-19)24(31)25(32)29(22)9-2-8-28-10-7-27-15-28/h1,3-7,10,13-15,22,30H,2,8-9,11-12H2/t22-/m1/s1. The molecule has 174 valence electrons. The van der Waals surface area contributed by atoms with Gasteiger partial charge in [-0.1, -0.05) is 28.1 Å². The number of carbonyl (C=O) groups excluding carboxylic acids is 2. The molecule has 2 aliphatic rings. The number of hydrogen-bond acceptors (Lipinski definition) is 6. The fourth-order valence-electron chi connectivity index (χ4n) is 4.32. The van der Waals surface area contributed by atoms with Gasteiger partial charge in [-0.3, -0.25) is 9.59 Å². The third-order valence-corrected chi connectivity index (χ3v) is 6.39. The number of rotatable bonds is 6. The molecule has 5 rings (SSSR count). The Morgan fingerprint density at radius 1 is 1.09 bits per heavy atom. The molecule has 3 heterocycles. The summed E-state index contributed by atoms with van der Waals surface area (Å²) in [6.07, 6.45) is 5.88. The predicted octanol–water partition coefficient (Wildman–Crippen LogP) is 3.93. The highest BCUT2D eigenvalue weighted by Gasteiger charge is 2.45. The maximum absolute atomic E-state index is 13.2. The number of likely N-dealkylation sites (tertiary alicyclic amines) is 1. The number of aryl methyl sites for hydroxylation is 1. The molecule has 2 aliphatic heterocycles. The van der Waals surface area contributed by atoms with Crippen LogP contribution in [0.15, 0.2) is 71.2 Å². The number of amides is 1. The van der Waals surface area contributed by atoms with Crippen LogP contribution in [0.5, 0.6) is 11.5 Å². The number of nitrogens with zero attached hydrogens (tertiary/aromatic N) is 3. The van der Waals surface area contributed by atoms with E-state index in [2.05, 4.69) is 20.9 Å². The van der Waals surface area contributed by atoms with Crippen molar-refractivity contribution < 1.29 is 24.2 Å². The number of hydrogen-bond donors (Lipinski definition) is 1. The zero-order valence-electron chi connectivity index (χ0n) is 18.2. The van der Waals surface area contributed by atoms with Crippen molar-refractivity contribution in [2.24, 2.45) is 0 Å². The number of carbonyl (C=O) groups is 2. The number of ketones is 1. The normalized spacial score (nSPS) is 19.0. The Balaban J connectivity index is 1.54. The third kappa shape index (κ3) is 4.19. The number of aliphatic hydroxyl groups excluding tert-OH is 1. The van der Waals surface area contributed by atoms with E-state index < -0.39 is 17.7 Å². The molecular weight excluding hydrogens is 502 g/mol. The Morgan fingerprint density at radius 2 is 1.91 bits per heavy atom. The molecule has 0 saturated carbocycles. The SMILES string of the molecule is O=C1C(=O)N(CCCn2ccnc2)[C@H](c2cccc(Br)c2)C1=C(O)c1ccc2c(c1)OCCO2. The van der Waals surface area contributed by atoms with Crippen molar-refractivity contribution >= 4 is 33.4 Å². The molecule has 8 nitrogen and oxygen atoms in total. The van der Waals surface area contributed by atoms with Gasteiger partial charge < -0.3 is 24.0 Å². The van der Waals surface area contributed by atoms with E-state index in [9.17, 15) is 14.7 Å². The van der Waals surface area contributed by atoms with Gasteiger partial charge in [-0.15, -0.1) is 0 Å². The first-order valence-electron chi connectivity index (χ1n) is 10.9. The first-order valence-corrected chi connectivity index (χ1v) is 11.7. The molecule has 1 saturated heterocycles. The third-order valence-electron chi connectivity index (χ3n) is 5.89. The summed E-state index contributed by atoms with van der Waals surface area (Å²) in [4.78, 5) is 31.9. The second-order valence-electron chi connectivity index (χ2n) is 8.06. The molecule has 1 N–H and O–H groups in total. The van der Waals surface area contributed by atoms with E-state index in [1.807, 2.05) is 35.0 Å². The summed E-state index contributed by atoms with van der Waals surface area (Å²) < 4.78 is 13.9. The summed E-state index contributed by atoms with van der Waals surface area (Å²) in [5, 5.41) is 11.3. The summed E-state index contributed by atoms with van der Waals surface area (Å²) in [6, 6.07) is 11.7. The van der Waals surface area contributed by atoms with Crippen molar-refractivity contribution in [3.8, 4) is 11.5 Å². The summed E-state index contributed by atoms with van der Waals surface area (Å²) in [7, 11) is 0. The summed E-state index contributed by atoms with van der Waals surface area (Å²) in [6.45, 7) is 1.84. The molecule has 34 heavy (non-hydrogen) atoms. The highest BCUT2D eigenvalue weighted by Crippen LogP contribution is 2.41. The zero-order chi connectivity index (χ0) is 23.7. The Labute approximate surface area is 204 Å². The van der Waals surface area contributed by atoms with Gasteiger partial charge in [0.15, 0.2) is 11.5 Å². The molecule has 1 atom stereocenters. The van der Waals surface area contributed by atoms with Crippen molar-refractivity contribution in [1.29, 1.82) is 0 Å². The van der Waals surface area contributed by atoms with Gasteiger partial charge in [0.25, 0.3) is 11.7 Å². The predicted molar refractivity (Wildman–Crippen MR) is 127 cm³/mol. The Bertz CT molecular complexity index is 1270. The highest BCUT2D eigenvalue weighted by atomic mass is 79.9. The van der Waals surface area contributed by atoms with Crippen molar-refractivity contribution in [3.63, 3.8) is 0 Å². The lowest BCUT2D eigenvalue weighted by atomic mass is 9.95. The highest BCUT2D eigenvalue weighted by molar-refractivity contribution is 9.10. The zero-order valence-corrected chi connectivity index (χ0v) is 19.8. The van der Waals surface area contributed by atoms with Crippen LogP contribution in [-0.2, 0) is 16.1 Å². The number of ether oxygens (including phenoxy) is 2. The molecule has 1 fully saturated rings. The van der Waals surface area contributed by atoms with Gasteiger partial charge in [0, 0.05) is 35.5 Å². The van der Waals surface area contributed by atoms with Gasteiger partial charge in [0.1, 0.15) is 19.0 Å². The second kappa shape index (κ2) is 9.34. The number of Topliss-reactive ketones (excluding diaryl/α,β-unsaturated/α-hetero) is 1. The minimum absolute atomic E-state index is 0.0578. The topological polar surface area (TPSA) is 93.9 Å². The number of imidazole rings is 1. The van der Waals surface area contributed by atoms with E-state index in [1.165, 1.54) is 4.90 Å². The molecule has 0 spiro atoms. The number of benzene rings is 2. The van der Waals surface area contributed by atoms with Crippen molar-refractivity contribution in [2.75, 3.05) is 19.8 Å². The molecule has 0 bridgehead atoms. The van der Waals surface area contributed by atoms with Crippen molar-refractivity contribution in [3.05, 3.63) is 82.4 Å². The fourth-order valence-corrected chi connectivity index (χ4v) is 4.74. The van der Waals surface area contributed by atoms with Crippen LogP contribution in [0.2, 0.25) is 0 Å². The average molecular weight is 524 g/mol. The van der Waals surface area contributed by atoms with E-state index >= 15 is 0 Å². The first-order chi connectivity index (χ1) is 16.5. The lowest BCUT2D eigenvalue weighted by Crippen LogP contribution is -2.31. The minimum Gasteiger partial charge on any atom is -0.507 e. The van der Waals surface area contributed by atoms with Crippen molar-refractivity contribution in [1.82, 2.24) is 14.5 Å². The van der Waals surface area contributed by atoms with E-state index in [0.29, 0.717) is 49.8 Å². The van der Waals surface area contributed by atoms with Crippen LogP contribution in [0, 0.1) is 0 Å². The van der Waals surface area contributed by atoms with E-state index in [-0.39, 0.29) is 11.3 Å². The molecule has 0 radical (unpaired) electrons. The molecular formula is C25H22BrN3O5. The fraction of sp³-hybridized carbons (Fsp3) is 0.240. The van der Waals surface area contributed by atoms with E-state index in [0.717, 1.165) is 10.0 Å². The van der Waals surface area contributed by atoms with Gasteiger partial charge >= 0.3 is 0 Å². The quantitative estimate of drug-likeness (QED) is 0.299. The number of aliphatic hydroxyl groups is 1. The monoisotopic (exact) mass is 523 g/mol. The summed E-state index contributed by atoms with van der Waals surface area (Å²) in [5.74, 6) is -0.512. The molecule has 0 unspecified atom stereocenters. The van der Waals surface area contributed by atoms with Crippen LogP contribution in [0.25, 0.3) is 5.76 Å². The van der Waals surface area contributed by atoms with Gasteiger partial charge in [0.2, 0.25) is 0 Å².